The predicted molar refractivity (Wildman–Crippen MR) is 117 cm³/mol. The van der Waals surface area contributed by atoms with Gasteiger partial charge in [-0.1, -0.05) is 24.3 Å². The average molecular weight is 501 g/mol. The topological polar surface area (TPSA) is 75.7 Å². The van der Waals surface area contributed by atoms with Crippen molar-refractivity contribution in [1.29, 1.82) is 0 Å². The minimum atomic E-state index is -4.96. The van der Waals surface area contributed by atoms with Gasteiger partial charge in [0.1, 0.15) is 5.82 Å². The summed E-state index contributed by atoms with van der Waals surface area (Å²) in [5.41, 5.74) is 1.29. The number of ether oxygens (including phenoxy) is 1. The zero-order valence-electron chi connectivity index (χ0n) is 18.4. The second kappa shape index (κ2) is 9.18. The van der Waals surface area contributed by atoms with Crippen LogP contribution >= 0.6 is 0 Å². The number of carbonyl (C=O) groups is 1. The fraction of sp³-hybridized carbons (Fsp3) is 0.435. The number of hydrogen-bond donors (Lipinski definition) is 1. The number of rotatable bonds is 3. The molecule has 2 unspecified atom stereocenters. The SMILES string of the molecule is CC(F)(F)S(=O)(=O)NC1CCCN2C(=O)CCOc3c(F)cc(F)cc3-c3cccc(c3)CC12. The Labute approximate surface area is 194 Å². The highest BCUT2D eigenvalue weighted by Gasteiger charge is 2.44. The van der Waals surface area contributed by atoms with Gasteiger partial charge in [-0.15, -0.1) is 0 Å². The van der Waals surface area contributed by atoms with E-state index in [0.717, 1.165) is 6.07 Å². The number of nitrogens with zero attached hydrogens (tertiary/aromatic N) is 1. The van der Waals surface area contributed by atoms with Gasteiger partial charge in [0.2, 0.25) is 5.91 Å². The lowest BCUT2D eigenvalue weighted by Gasteiger charge is -2.42. The summed E-state index contributed by atoms with van der Waals surface area (Å²) in [5, 5.41) is -3.99. The van der Waals surface area contributed by atoms with Crippen LogP contribution < -0.4 is 9.46 Å². The van der Waals surface area contributed by atoms with Crippen LogP contribution in [0.15, 0.2) is 36.4 Å². The average Bonchev–Trinajstić information content (AvgIpc) is 2.74. The number of hydrogen-bond acceptors (Lipinski definition) is 4. The molecule has 2 aromatic carbocycles. The smallest absolute Gasteiger partial charge is 0.356 e. The summed E-state index contributed by atoms with van der Waals surface area (Å²) >= 11 is 0. The molecular formula is C23H24F4N2O4S. The Bertz CT molecular complexity index is 1200. The Balaban J connectivity index is 1.76. The highest BCUT2D eigenvalue weighted by Crippen LogP contribution is 2.35. The molecule has 0 radical (unpaired) electrons. The Morgan fingerprint density at radius 2 is 1.94 bits per heavy atom. The summed E-state index contributed by atoms with van der Waals surface area (Å²) in [6, 6.07) is 6.90. The summed E-state index contributed by atoms with van der Waals surface area (Å²) in [5.74, 6) is -2.23. The van der Waals surface area contributed by atoms with Gasteiger partial charge >= 0.3 is 5.25 Å². The lowest BCUT2D eigenvalue weighted by molar-refractivity contribution is -0.136. The molecule has 4 rings (SSSR count). The van der Waals surface area contributed by atoms with Gasteiger partial charge < -0.3 is 9.64 Å². The van der Waals surface area contributed by atoms with E-state index in [4.69, 9.17) is 4.74 Å². The third-order valence-corrected chi connectivity index (χ3v) is 7.69. The van der Waals surface area contributed by atoms with Gasteiger partial charge in [-0.25, -0.2) is 21.9 Å². The second-order valence-corrected chi connectivity index (χ2v) is 10.6. The summed E-state index contributed by atoms with van der Waals surface area (Å²) < 4.78 is 87.9. The molecule has 6 nitrogen and oxygen atoms in total. The fourth-order valence-electron chi connectivity index (χ4n) is 4.47. The number of fused-ring (bicyclic) bond motifs is 5. The number of benzene rings is 2. The molecule has 1 saturated heterocycles. The van der Waals surface area contributed by atoms with E-state index in [1.54, 1.807) is 24.3 Å². The van der Waals surface area contributed by atoms with Crippen molar-refractivity contribution in [3.05, 3.63) is 53.6 Å². The molecule has 2 atom stereocenters. The van der Waals surface area contributed by atoms with E-state index in [2.05, 4.69) is 4.72 Å². The van der Waals surface area contributed by atoms with Crippen molar-refractivity contribution in [2.45, 2.75) is 49.9 Å². The molecular weight excluding hydrogens is 476 g/mol. The standard InChI is InChI=1S/C23H24F4N2O4S/c1-23(26,27)34(31,32)28-19-6-3-8-29-20(19)11-14-4-2-5-15(10-14)17-12-16(24)13-18(25)22(17)33-9-7-21(29)30/h2,4-5,10,12-13,19-20,28H,3,6-9,11H2,1H3. The van der Waals surface area contributed by atoms with Gasteiger partial charge in [-0.2, -0.15) is 8.78 Å². The molecule has 0 aliphatic carbocycles. The number of alkyl halides is 2. The van der Waals surface area contributed by atoms with E-state index in [9.17, 15) is 30.8 Å². The maximum atomic E-state index is 14.5. The summed E-state index contributed by atoms with van der Waals surface area (Å²) in [7, 11) is -4.96. The van der Waals surface area contributed by atoms with Gasteiger partial charge in [0.15, 0.2) is 11.6 Å². The monoisotopic (exact) mass is 500 g/mol. The van der Waals surface area contributed by atoms with Crippen molar-refractivity contribution < 1.29 is 35.5 Å². The number of amides is 1. The van der Waals surface area contributed by atoms with Crippen LogP contribution in [0, 0.1) is 11.6 Å². The van der Waals surface area contributed by atoms with Crippen molar-refractivity contribution in [2.75, 3.05) is 13.2 Å². The Morgan fingerprint density at radius 3 is 2.68 bits per heavy atom. The largest absolute Gasteiger partial charge is 0.489 e. The minimum absolute atomic E-state index is 0.149. The highest BCUT2D eigenvalue weighted by molar-refractivity contribution is 7.90. The van der Waals surface area contributed by atoms with Gasteiger partial charge in [0, 0.05) is 31.1 Å². The van der Waals surface area contributed by atoms with Crippen molar-refractivity contribution in [3.63, 3.8) is 0 Å². The highest BCUT2D eigenvalue weighted by atomic mass is 32.2. The van der Waals surface area contributed by atoms with Gasteiger partial charge in [-0.05, 0) is 36.5 Å². The molecule has 1 fully saturated rings. The first-order chi connectivity index (χ1) is 16.0. The minimum Gasteiger partial charge on any atom is -0.489 e. The molecule has 2 aromatic rings. The van der Waals surface area contributed by atoms with Crippen LogP contribution in [0.1, 0.15) is 31.7 Å². The van der Waals surface area contributed by atoms with Crippen LogP contribution in [-0.4, -0.2) is 49.7 Å². The number of nitrogens with one attached hydrogen (secondary N) is 1. The number of halogens is 4. The molecule has 2 bridgehead atoms. The zero-order chi connectivity index (χ0) is 24.7. The third kappa shape index (κ3) is 4.90. The molecule has 11 heteroatoms. The number of piperidine rings is 1. The van der Waals surface area contributed by atoms with Gasteiger partial charge in [-0.3, -0.25) is 4.79 Å². The van der Waals surface area contributed by atoms with Crippen LogP contribution in [0.4, 0.5) is 17.6 Å². The third-order valence-electron chi connectivity index (χ3n) is 6.13. The van der Waals surface area contributed by atoms with E-state index in [1.165, 1.54) is 4.90 Å². The first kappa shape index (κ1) is 24.5. The first-order valence-electron chi connectivity index (χ1n) is 10.9. The van der Waals surface area contributed by atoms with E-state index < -0.39 is 39.0 Å². The summed E-state index contributed by atoms with van der Waals surface area (Å²) in [6.45, 7) is 0.430. The molecule has 2 aliphatic heterocycles. The maximum absolute atomic E-state index is 14.5. The number of carbonyl (C=O) groups excluding carboxylic acids is 1. The van der Waals surface area contributed by atoms with Crippen LogP contribution in [0.5, 0.6) is 5.75 Å². The molecule has 1 N–H and O–H groups in total. The van der Waals surface area contributed by atoms with Crippen LogP contribution in [0.3, 0.4) is 0 Å². The molecule has 0 spiro atoms. The van der Waals surface area contributed by atoms with E-state index in [-0.39, 0.29) is 43.1 Å². The molecule has 34 heavy (non-hydrogen) atoms. The van der Waals surface area contributed by atoms with Crippen molar-refractivity contribution >= 4 is 15.9 Å². The quantitative estimate of drug-likeness (QED) is 0.650. The van der Waals surface area contributed by atoms with Crippen LogP contribution in [-0.2, 0) is 21.2 Å². The maximum Gasteiger partial charge on any atom is 0.356 e. The van der Waals surface area contributed by atoms with Crippen LogP contribution in [0.25, 0.3) is 11.1 Å². The number of sulfonamides is 1. The van der Waals surface area contributed by atoms with Crippen LogP contribution in [0.2, 0.25) is 0 Å². The first-order valence-corrected chi connectivity index (χ1v) is 12.3. The van der Waals surface area contributed by atoms with Gasteiger partial charge in [0.25, 0.3) is 10.0 Å². The predicted octanol–water partition coefficient (Wildman–Crippen LogP) is 3.85. The summed E-state index contributed by atoms with van der Waals surface area (Å²) in [4.78, 5) is 14.5. The van der Waals surface area contributed by atoms with Crippen molar-refractivity contribution in [3.8, 4) is 16.9 Å². The Hall–Kier alpha value is -2.66. The molecule has 2 aliphatic rings. The zero-order valence-corrected chi connectivity index (χ0v) is 19.2. The fourth-order valence-corrected chi connectivity index (χ4v) is 5.35. The molecule has 0 saturated carbocycles. The summed E-state index contributed by atoms with van der Waals surface area (Å²) in [6.07, 6.45) is 0.710. The Kier molecular flexibility index (Phi) is 6.61. The lowest BCUT2D eigenvalue weighted by atomic mass is 9.90. The van der Waals surface area contributed by atoms with Crippen molar-refractivity contribution in [2.24, 2.45) is 0 Å². The van der Waals surface area contributed by atoms with Gasteiger partial charge in [0.05, 0.1) is 19.1 Å². The second-order valence-electron chi connectivity index (χ2n) is 8.60. The van der Waals surface area contributed by atoms with E-state index in [0.29, 0.717) is 37.1 Å². The normalized spacial score (nSPS) is 21.6. The molecule has 184 valence electrons. The van der Waals surface area contributed by atoms with Crippen molar-refractivity contribution in [1.82, 2.24) is 9.62 Å². The molecule has 0 aromatic heterocycles. The Morgan fingerprint density at radius 1 is 1.18 bits per heavy atom. The lowest BCUT2D eigenvalue weighted by Crippen LogP contribution is -2.59. The van der Waals surface area contributed by atoms with E-state index in [1.807, 2.05) is 0 Å². The molecule has 2 heterocycles. The molecule has 1 amide bonds. The van der Waals surface area contributed by atoms with E-state index >= 15 is 0 Å².